The van der Waals surface area contributed by atoms with Crippen LogP contribution < -0.4 is 0 Å². The van der Waals surface area contributed by atoms with Gasteiger partial charge in [0, 0.05) is 23.9 Å². The summed E-state index contributed by atoms with van der Waals surface area (Å²) < 4.78 is 0. The minimum Gasteiger partial charge on any atom is -0.396 e. The molecule has 0 radical (unpaired) electrons. The van der Waals surface area contributed by atoms with E-state index in [4.69, 9.17) is 5.11 Å². The molecule has 0 bridgehead atoms. The monoisotopic (exact) mass is 357 g/mol. The summed E-state index contributed by atoms with van der Waals surface area (Å²) in [7, 11) is 0. The van der Waals surface area contributed by atoms with Crippen LogP contribution in [0.3, 0.4) is 0 Å². The Hall–Kier alpha value is -0.680. The number of hydrogen-bond donors (Lipinski definition) is 2. The van der Waals surface area contributed by atoms with Crippen molar-refractivity contribution in [3.63, 3.8) is 0 Å². The van der Waals surface area contributed by atoms with Crippen molar-refractivity contribution >= 4 is 11.3 Å². The molecule has 0 spiro atoms. The lowest BCUT2D eigenvalue weighted by Crippen LogP contribution is -2.50. The van der Waals surface area contributed by atoms with Crippen molar-refractivity contribution in [2.24, 2.45) is 0 Å². The van der Waals surface area contributed by atoms with Gasteiger partial charge < -0.3 is 10.2 Å². The molecule has 0 saturated heterocycles. The zero-order valence-corrected chi connectivity index (χ0v) is 17.2. The average molecular weight is 358 g/mol. The molecule has 1 aliphatic carbocycles. The third-order valence-electron chi connectivity index (χ3n) is 3.53. The van der Waals surface area contributed by atoms with Crippen molar-refractivity contribution < 1.29 is 10.2 Å². The number of allylic oxidation sites excluding steroid dienone is 1. The van der Waals surface area contributed by atoms with Crippen LogP contribution in [-0.4, -0.2) is 47.0 Å². The van der Waals surface area contributed by atoms with E-state index in [1.807, 2.05) is 38.3 Å². The molecule has 1 fully saturated rings. The van der Waals surface area contributed by atoms with E-state index in [0.717, 1.165) is 25.9 Å². The molecule has 3 nitrogen and oxygen atoms in total. The number of hydrogen-bond acceptors (Lipinski definition) is 4. The van der Waals surface area contributed by atoms with E-state index in [1.54, 1.807) is 17.4 Å². The highest BCUT2D eigenvalue weighted by Gasteiger charge is 2.32. The molecule has 142 valence electrons. The van der Waals surface area contributed by atoms with Crippen LogP contribution in [0.15, 0.2) is 30.2 Å². The van der Waals surface area contributed by atoms with Crippen LogP contribution >= 0.6 is 11.3 Å². The number of rotatable bonds is 6. The fourth-order valence-electron chi connectivity index (χ4n) is 2.30. The molecule has 4 heteroatoms. The highest BCUT2D eigenvalue weighted by molar-refractivity contribution is 7.09. The molecule has 1 heterocycles. The number of nitrogens with zero attached hydrogens (tertiary/aromatic N) is 1. The summed E-state index contributed by atoms with van der Waals surface area (Å²) in [6.45, 7) is 16.1. The van der Waals surface area contributed by atoms with Crippen LogP contribution in [0.4, 0.5) is 0 Å². The van der Waals surface area contributed by atoms with Gasteiger partial charge in [0.15, 0.2) is 0 Å². The molecule has 1 aliphatic rings. The number of aliphatic hydroxyl groups is 2. The minimum atomic E-state index is -0.0403. The van der Waals surface area contributed by atoms with E-state index in [2.05, 4.69) is 25.3 Å². The van der Waals surface area contributed by atoms with Crippen LogP contribution in [0.2, 0.25) is 0 Å². The molecule has 2 rings (SSSR count). The second kappa shape index (κ2) is 18.7. The third-order valence-corrected chi connectivity index (χ3v) is 4.46. The van der Waals surface area contributed by atoms with E-state index < -0.39 is 0 Å². The zero-order valence-electron chi connectivity index (χ0n) is 16.4. The van der Waals surface area contributed by atoms with Gasteiger partial charge in [0.1, 0.15) is 0 Å². The van der Waals surface area contributed by atoms with Crippen LogP contribution in [-0.2, 0) is 6.42 Å². The Labute approximate surface area is 154 Å². The van der Waals surface area contributed by atoms with Crippen molar-refractivity contribution in [1.29, 1.82) is 0 Å². The van der Waals surface area contributed by atoms with E-state index in [0.29, 0.717) is 6.04 Å². The summed E-state index contributed by atoms with van der Waals surface area (Å²) in [5.74, 6) is 0. The van der Waals surface area contributed by atoms with Crippen LogP contribution in [0.5, 0.6) is 0 Å². The number of likely N-dealkylation sites (N-methyl/N-ethyl adjacent to an activating group) is 1. The van der Waals surface area contributed by atoms with Crippen LogP contribution in [0.1, 0.15) is 58.8 Å². The lowest BCUT2D eigenvalue weighted by molar-refractivity contribution is -0.0188. The molecule has 1 aromatic heterocycles. The molecular formula is C20H39NO2S. The summed E-state index contributed by atoms with van der Waals surface area (Å²) in [5.41, 5.74) is 0. The highest BCUT2D eigenvalue weighted by atomic mass is 32.1. The van der Waals surface area contributed by atoms with Crippen molar-refractivity contribution in [2.75, 3.05) is 19.7 Å². The van der Waals surface area contributed by atoms with Crippen molar-refractivity contribution in [3.05, 3.63) is 35.0 Å². The maximum atomic E-state index is 9.39. The molecule has 2 N–H and O–H groups in total. The first-order valence-corrected chi connectivity index (χ1v) is 10.1. The van der Waals surface area contributed by atoms with Gasteiger partial charge in [0.2, 0.25) is 0 Å². The van der Waals surface area contributed by atoms with Crippen LogP contribution in [0, 0.1) is 0 Å². The van der Waals surface area contributed by atoms with E-state index in [-0.39, 0.29) is 12.7 Å². The first-order chi connectivity index (χ1) is 11.6. The number of aliphatic hydroxyl groups excluding tert-OH is 2. The van der Waals surface area contributed by atoms with Crippen molar-refractivity contribution in [1.82, 2.24) is 4.90 Å². The fourth-order valence-corrected chi connectivity index (χ4v) is 3.00. The molecule has 2 unspecified atom stereocenters. The highest BCUT2D eigenvalue weighted by Crippen LogP contribution is 2.25. The lowest BCUT2D eigenvalue weighted by atomic mass is 9.87. The Morgan fingerprint density at radius 2 is 1.96 bits per heavy atom. The molecule has 1 saturated carbocycles. The summed E-state index contributed by atoms with van der Waals surface area (Å²) in [5, 5.41) is 19.9. The second-order valence-corrected chi connectivity index (χ2v) is 6.33. The van der Waals surface area contributed by atoms with Gasteiger partial charge in [-0.1, -0.05) is 39.8 Å². The summed E-state index contributed by atoms with van der Waals surface area (Å²) in [4.78, 5) is 3.64. The van der Waals surface area contributed by atoms with Crippen molar-refractivity contribution in [3.8, 4) is 0 Å². The Morgan fingerprint density at radius 1 is 1.33 bits per heavy atom. The molecule has 0 aromatic carbocycles. The number of thiophene rings is 1. The van der Waals surface area contributed by atoms with Gasteiger partial charge in [-0.3, -0.25) is 4.90 Å². The lowest BCUT2D eigenvalue weighted by Gasteiger charge is -2.41. The van der Waals surface area contributed by atoms with Gasteiger partial charge >= 0.3 is 0 Å². The Bertz CT molecular complexity index is 355. The molecule has 0 aliphatic heterocycles. The van der Waals surface area contributed by atoms with Gasteiger partial charge in [-0.05, 0) is 50.7 Å². The standard InChI is InChI=1S/C9H19NO.C6H8OS.C3H6.C2H6/c1-3-7-10(4-2)8-5-6-9(8)11;7-4-3-6-2-1-5-8-6;1-3-2;1-2/h8-9,11H,3-7H2,1-2H3;1-2,5,7H,3-4H2;3H,1H2,2H3;1-2H3. The predicted molar refractivity (Wildman–Crippen MR) is 109 cm³/mol. The fraction of sp³-hybridized carbons (Fsp3) is 0.700. The first kappa shape index (κ1) is 25.6. The SMILES string of the molecule is C=CC.CC.CCCN(CC)C1CCC1O.OCCc1cccs1. The van der Waals surface area contributed by atoms with Gasteiger partial charge in [-0.25, -0.2) is 0 Å². The summed E-state index contributed by atoms with van der Waals surface area (Å²) in [6.07, 6.45) is 5.90. The summed E-state index contributed by atoms with van der Waals surface area (Å²) in [6, 6.07) is 4.50. The smallest absolute Gasteiger partial charge is 0.0696 e. The molecule has 1 aromatic rings. The maximum Gasteiger partial charge on any atom is 0.0696 e. The summed E-state index contributed by atoms with van der Waals surface area (Å²) >= 11 is 1.69. The van der Waals surface area contributed by atoms with Gasteiger partial charge in [-0.2, -0.15) is 0 Å². The Balaban J connectivity index is 0. The average Bonchev–Trinajstić information content (AvgIpc) is 3.10. The van der Waals surface area contributed by atoms with Gasteiger partial charge in [0.05, 0.1) is 6.10 Å². The predicted octanol–water partition coefficient (Wildman–Crippen LogP) is 4.74. The molecule has 2 atom stereocenters. The molecular weight excluding hydrogens is 318 g/mol. The van der Waals surface area contributed by atoms with E-state index in [9.17, 15) is 5.11 Å². The maximum absolute atomic E-state index is 9.39. The molecule has 0 amide bonds. The van der Waals surface area contributed by atoms with Gasteiger partial charge in [0.25, 0.3) is 0 Å². The zero-order chi connectivity index (χ0) is 18.8. The van der Waals surface area contributed by atoms with Crippen molar-refractivity contribution in [2.45, 2.75) is 72.4 Å². The molecule has 24 heavy (non-hydrogen) atoms. The minimum absolute atomic E-state index is 0.0403. The van der Waals surface area contributed by atoms with Gasteiger partial charge in [-0.15, -0.1) is 17.9 Å². The quantitative estimate of drug-likeness (QED) is 0.723. The largest absolute Gasteiger partial charge is 0.396 e. The van der Waals surface area contributed by atoms with Crippen LogP contribution in [0.25, 0.3) is 0 Å². The third kappa shape index (κ3) is 11.8. The Kier molecular flexibility index (Phi) is 19.9. The first-order valence-electron chi connectivity index (χ1n) is 9.26. The van der Waals surface area contributed by atoms with E-state index >= 15 is 0 Å². The second-order valence-electron chi connectivity index (χ2n) is 5.30. The topological polar surface area (TPSA) is 43.7 Å². The Morgan fingerprint density at radius 3 is 2.25 bits per heavy atom. The van der Waals surface area contributed by atoms with E-state index in [1.165, 1.54) is 17.7 Å². The normalized spacial score (nSPS) is 18.0.